The van der Waals surface area contributed by atoms with Crippen LogP contribution in [0, 0.1) is 11.3 Å². The number of carbonyl (C=O) groups is 1. The van der Waals surface area contributed by atoms with Gasteiger partial charge in [0.25, 0.3) is 5.91 Å². The maximum atomic E-state index is 13.4. The van der Waals surface area contributed by atoms with Crippen molar-refractivity contribution in [3.05, 3.63) is 53.1 Å². The summed E-state index contributed by atoms with van der Waals surface area (Å²) in [6.45, 7) is 5.19. The van der Waals surface area contributed by atoms with Crippen LogP contribution in [0.1, 0.15) is 37.5 Å². The van der Waals surface area contributed by atoms with E-state index < -0.39 is 34.2 Å². The number of alkyl halides is 3. The molecule has 2 aromatic carbocycles. The SMILES string of the molecule is CCc1cc(N2C(S)N(c3ccc(C#N)c(C(F)(F)F)c3)C(=O)C2(C)C)ccc1O. The Kier molecular flexibility index (Phi) is 5.41. The van der Waals surface area contributed by atoms with E-state index in [1.54, 1.807) is 30.9 Å². The van der Waals surface area contributed by atoms with Crippen LogP contribution in [0.3, 0.4) is 0 Å². The maximum absolute atomic E-state index is 13.4. The van der Waals surface area contributed by atoms with Gasteiger partial charge in [-0.1, -0.05) is 6.92 Å². The fraction of sp³-hybridized carbons (Fsp3) is 0.333. The number of hydrogen-bond donors (Lipinski definition) is 2. The van der Waals surface area contributed by atoms with Gasteiger partial charge in [-0.15, -0.1) is 12.6 Å². The average Bonchev–Trinajstić information content (AvgIpc) is 2.85. The summed E-state index contributed by atoms with van der Waals surface area (Å²) in [6.07, 6.45) is -4.18. The average molecular weight is 435 g/mol. The number of phenolic OH excluding ortho intramolecular Hbond substituents is 1. The molecule has 9 heteroatoms. The van der Waals surface area contributed by atoms with E-state index in [0.717, 1.165) is 12.1 Å². The van der Waals surface area contributed by atoms with Crippen molar-refractivity contribution >= 4 is 29.9 Å². The summed E-state index contributed by atoms with van der Waals surface area (Å²) >= 11 is 4.55. The lowest BCUT2D eigenvalue weighted by molar-refractivity contribution is -0.137. The fourth-order valence-electron chi connectivity index (χ4n) is 3.63. The lowest BCUT2D eigenvalue weighted by Crippen LogP contribution is -2.44. The quantitative estimate of drug-likeness (QED) is 0.687. The van der Waals surface area contributed by atoms with Gasteiger partial charge in [0.15, 0.2) is 5.50 Å². The van der Waals surface area contributed by atoms with Crippen LogP contribution >= 0.6 is 12.6 Å². The van der Waals surface area contributed by atoms with Gasteiger partial charge in [-0.25, -0.2) is 0 Å². The third-order valence-electron chi connectivity index (χ3n) is 5.24. The van der Waals surface area contributed by atoms with Crippen LogP contribution in [0.25, 0.3) is 0 Å². The fourth-order valence-corrected chi connectivity index (χ4v) is 4.29. The summed E-state index contributed by atoms with van der Waals surface area (Å²) in [5.74, 6) is -0.314. The van der Waals surface area contributed by atoms with E-state index in [9.17, 15) is 23.1 Å². The molecule has 3 rings (SSSR count). The number of carbonyl (C=O) groups excluding carboxylic acids is 1. The number of nitriles is 1. The van der Waals surface area contributed by atoms with Crippen LogP contribution in [-0.2, 0) is 17.4 Å². The van der Waals surface area contributed by atoms with Crippen molar-refractivity contribution < 1.29 is 23.1 Å². The summed E-state index contributed by atoms with van der Waals surface area (Å²) in [7, 11) is 0. The molecule has 1 amide bonds. The second kappa shape index (κ2) is 7.43. The van der Waals surface area contributed by atoms with Gasteiger partial charge in [0.2, 0.25) is 0 Å². The normalized spacial score (nSPS) is 18.6. The van der Waals surface area contributed by atoms with Crippen molar-refractivity contribution in [2.24, 2.45) is 0 Å². The Morgan fingerprint density at radius 1 is 1.20 bits per heavy atom. The van der Waals surface area contributed by atoms with Gasteiger partial charge in [-0.05, 0) is 62.2 Å². The molecule has 0 saturated carbocycles. The molecule has 1 aliphatic rings. The minimum atomic E-state index is -4.74. The van der Waals surface area contributed by atoms with Crippen LogP contribution in [0.5, 0.6) is 5.75 Å². The van der Waals surface area contributed by atoms with E-state index in [1.807, 2.05) is 6.92 Å². The molecule has 1 aliphatic heterocycles. The first-order chi connectivity index (χ1) is 13.9. The standard InChI is InChI=1S/C21H20F3N3O2S/c1-4-12-9-15(7-8-17(12)28)27-19(30)26(18(29)20(27,2)3)14-6-5-13(11-25)16(10-14)21(22,23)24/h5-10,19,28,30H,4H2,1-3H3. The molecule has 158 valence electrons. The van der Waals surface area contributed by atoms with E-state index in [1.165, 1.54) is 23.1 Å². The number of halogens is 3. The third-order valence-corrected chi connectivity index (χ3v) is 5.70. The Balaban J connectivity index is 2.11. The van der Waals surface area contributed by atoms with Crippen molar-refractivity contribution in [2.45, 2.75) is 44.4 Å². The third kappa shape index (κ3) is 3.45. The van der Waals surface area contributed by atoms with E-state index >= 15 is 0 Å². The lowest BCUT2D eigenvalue weighted by Gasteiger charge is -2.33. The molecule has 0 aliphatic carbocycles. The van der Waals surface area contributed by atoms with Crippen molar-refractivity contribution in [3.63, 3.8) is 0 Å². The van der Waals surface area contributed by atoms with Crippen LogP contribution in [0.15, 0.2) is 36.4 Å². The van der Waals surface area contributed by atoms with Crippen LogP contribution in [-0.4, -0.2) is 22.1 Å². The Hall–Kier alpha value is -2.86. The number of amides is 1. The highest BCUT2D eigenvalue weighted by Crippen LogP contribution is 2.43. The number of rotatable bonds is 3. The zero-order chi connectivity index (χ0) is 22.4. The molecular formula is C21H20F3N3O2S. The Bertz CT molecular complexity index is 1050. The monoisotopic (exact) mass is 435 g/mol. The van der Waals surface area contributed by atoms with E-state index in [0.29, 0.717) is 17.7 Å². The Labute approximate surface area is 177 Å². The second-order valence-electron chi connectivity index (χ2n) is 7.46. The zero-order valence-electron chi connectivity index (χ0n) is 16.5. The number of aryl methyl sites for hydroxylation is 1. The van der Waals surface area contributed by atoms with Crippen molar-refractivity contribution in [3.8, 4) is 11.8 Å². The van der Waals surface area contributed by atoms with E-state index in [2.05, 4.69) is 12.6 Å². The Morgan fingerprint density at radius 2 is 1.83 bits per heavy atom. The van der Waals surface area contributed by atoms with Gasteiger partial charge in [-0.3, -0.25) is 9.69 Å². The van der Waals surface area contributed by atoms with Gasteiger partial charge in [0, 0.05) is 11.4 Å². The smallest absolute Gasteiger partial charge is 0.417 e. The predicted octanol–water partition coefficient (Wildman–Crippen LogP) is 4.69. The second-order valence-corrected chi connectivity index (χ2v) is 7.92. The van der Waals surface area contributed by atoms with E-state index in [-0.39, 0.29) is 11.4 Å². The molecule has 1 N–H and O–H groups in total. The first-order valence-corrected chi connectivity index (χ1v) is 9.69. The molecule has 0 radical (unpaired) electrons. The van der Waals surface area contributed by atoms with E-state index in [4.69, 9.17) is 5.26 Å². The molecule has 5 nitrogen and oxygen atoms in total. The molecule has 1 fully saturated rings. The minimum Gasteiger partial charge on any atom is -0.508 e. The van der Waals surface area contributed by atoms with Crippen molar-refractivity contribution in [1.29, 1.82) is 5.26 Å². The van der Waals surface area contributed by atoms with Gasteiger partial charge in [0.1, 0.15) is 11.3 Å². The number of benzene rings is 2. The highest BCUT2D eigenvalue weighted by molar-refractivity contribution is 7.81. The maximum Gasteiger partial charge on any atom is 0.417 e. The zero-order valence-corrected chi connectivity index (χ0v) is 17.4. The van der Waals surface area contributed by atoms with Gasteiger partial charge >= 0.3 is 6.18 Å². The first kappa shape index (κ1) is 21.8. The summed E-state index contributed by atoms with van der Waals surface area (Å²) in [5, 5.41) is 19.0. The van der Waals surface area contributed by atoms with Gasteiger partial charge in [0.05, 0.1) is 17.2 Å². The summed E-state index contributed by atoms with van der Waals surface area (Å²) in [6, 6.07) is 9.58. The van der Waals surface area contributed by atoms with Crippen LogP contribution in [0.4, 0.5) is 24.5 Å². The molecular weight excluding hydrogens is 415 g/mol. The molecule has 1 atom stereocenters. The number of nitrogens with zero attached hydrogens (tertiary/aromatic N) is 3. The number of aromatic hydroxyl groups is 1. The number of hydrogen-bond acceptors (Lipinski definition) is 5. The lowest BCUT2D eigenvalue weighted by atomic mass is 10.0. The summed E-state index contributed by atoms with van der Waals surface area (Å²) in [4.78, 5) is 16.1. The molecule has 30 heavy (non-hydrogen) atoms. The van der Waals surface area contributed by atoms with Crippen molar-refractivity contribution in [2.75, 3.05) is 9.80 Å². The Morgan fingerprint density at radius 3 is 2.40 bits per heavy atom. The van der Waals surface area contributed by atoms with Gasteiger partial charge in [-0.2, -0.15) is 18.4 Å². The predicted molar refractivity (Wildman–Crippen MR) is 110 cm³/mol. The molecule has 1 heterocycles. The molecule has 1 unspecified atom stereocenters. The minimum absolute atomic E-state index is 0.00334. The first-order valence-electron chi connectivity index (χ1n) is 9.17. The number of phenols is 1. The molecule has 0 bridgehead atoms. The highest BCUT2D eigenvalue weighted by Gasteiger charge is 2.51. The summed E-state index contributed by atoms with van der Waals surface area (Å²) < 4.78 is 40.2. The van der Waals surface area contributed by atoms with Gasteiger partial charge < -0.3 is 10.0 Å². The topological polar surface area (TPSA) is 67.6 Å². The van der Waals surface area contributed by atoms with Crippen LogP contribution in [0.2, 0.25) is 0 Å². The highest BCUT2D eigenvalue weighted by atomic mass is 32.1. The largest absolute Gasteiger partial charge is 0.508 e. The molecule has 0 spiro atoms. The number of thiol groups is 1. The van der Waals surface area contributed by atoms with Crippen molar-refractivity contribution in [1.82, 2.24) is 0 Å². The summed E-state index contributed by atoms with van der Waals surface area (Å²) in [5.41, 5.74) is -2.35. The molecule has 0 aromatic heterocycles. The molecule has 2 aromatic rings. The number of anilines is 2. The van der Waals surface area contributed by atoms with Crippen LogP contribution < -0.4 is 9.80 Å². The molecule has 1 saturated heterocycles.